The van der Waals surface area contributed by atoms with Gasteiger partial charge in [-0.1, -0.05) is 13.8 Å². The normalized spacial score (nSPS) is 11.8. The van der Waals surface area contributed by atoms with Crippen molar-refractivity contribution in [3.63, 3.8) is 0 Å². The molecule has 0 N–H and O–H groups in total. The maximum atomic E-state index is 11.4. The number of carbonyl (C=O) groups is 1. The molecule has 3 nitrogen and oxygen atoms in total. The zero-order valence-electron chi connectivity index (χ0n) is 6.64. The largest absolute Gasteiger partial charge is 0.494 e. The van der Waals surface area contributed by atoms with E-state index >= 15 is 0 Å². The number of hydrogen-bond acceptors (Lipinski definition) is 3. The van der Waals surface area contributed by atoms with E-state index in [9.17, 15) is 18.0 Å². The van der Waals surface area contributed by atoms with Crippen LogP contribution in [0.1, 0.15) is 13.8 Å². The lowest BCUT2D eigenvalue weighted by Crippen LogP contribution is -2.26. The summed E-state index contributed by atoms with van der Waals surface area (Å²) in [6.45, 7) is 3.37. The summed E-state index contributed by atoms with van der Waals surface area (Å²) in [5, 5.41) is 0. The average Bonchev–Trinajstić information content (AvgIpc) is 1.84. The number of hydrogen-bond donors (Lipinski definition) is 0. The Morgan fingerprint density at radius 2 is 1.92 bits per heavy atom. The van der Waals surface area contributed by atoms with E-state index in [1.54, 1.807) is 13.8 Å². The van der Waals surface area contributed by atoms with Crippen molar-refractivity contribution in [3.8, 4) is 0 Å². The lowest BCUT2D eigenvalue weighted by atomic mass is 10.2. The molecule has 0 unspecified atom stereocenters. The van der Waals surface area contributed by atoms with Crippen molar-refractivity contribution < 1.29 is 27.7 Å². The summed E-state index contributed by atoms with van der Waals surface area (Å²) < 4.78 is 34.3. The lowest BCUT2D eigenvalue weighted by molar-refractivity contribution is -0.304. The first-order valence-electron chi connectivity index (χ1n) is 3.24. The smallest absolute Gasteiger partial charge is 0.288 e. The first-order valence-corrected chi connectivity index (χ1v) is 3.24. The van der Waals surface area contributed by atoms with Crippen LogP contribution in [0.3, 0.4) is 0 Å². The van der Waals surface area contributed by atoms with Crippen LogP contribution < -0.4 is 0 Å². The molecule has 0 aromatic carbocycles. The van der Waals surface area contributed by atoms with Crippen molar-refractivity contribution >= 4 is 5.97 Å². The van der Waals surface area contributed by atoms with E-state index in [1.165, 1.54) is 0 Å². The molecule has 0 aromatic heterocycles. The van der Waals surface area contributed by atoms with Crippen LogP contribution in [0.25, 0.3) is 0 Å². The molecule has 0 heterocycles. The van der Waals surface area contributed by atoms with Crippen LogP contribution in [0.5, 0.6) is 0 Å². The monoisotopic (exact) mass is 186 g/mol. The quantitative estimate of drug-likeness (QED) is 0.496. The van der Waals surface area contributed by atoms with E-state index < -0.39 is 12.1 Å². The van der Waals surface area contributed by atoms with Gasteiger partial charge in [-0.3, -0.25) is 4.89 Å². The standard InChI is InChI=1S/C6H9F3O3/c1-4(2)3-11-12-5(10)6(7,8)9/h4H,3H2,1-2H3. The topological polar surface area (TPSA) is 35.5 Å². The van der Waals surface area contributed by atoms with Gasteiger partial charge in [-0.15, -0.1) is 0 Å². The van der Waals surface area contributed by atoms with Crippen molar-refractivity contribution in [3.05, 3.63) is 0 Å². The Bertz CT molecular complexity index is 153. The van der Waals surface area contributed by atoms with Crippen molar-refractivity contribution in [2.45, 2.75) is 20.0 Å². The molecule has 0 spiro atoms. The third-order valence-electron chi connectivity index (χ3n) is 0.767. The molecule has 12 heavy (non-hydrogen) atoms. The molecule has 6 heteroatoms. The van der Waals surface area contributed by atoms with E-state index in [4.69, 9.17) is 0 Å². The maximum Gasteiger partial charge on any atom is 0.494 e. The lowest BCUT2D eigenvalue weighted by Gasteiger charge is -2.06. The molecule has 0 aliphatic carbocycles. The van der Waals surface area contributed by atoms with Crippen molar-refractivity contribution in [2.24, 2.45) is 5.92 Å². The van der Waals surface area contributed by atoms with Gasteiger partial charge in [0.1, 0.15) is 0 Å². The summed E-state index contributed by atoms with van der Waals surface area (Å²) in [6.07, 6.45) is -4.99. The van der Waals surface area contributed by atoms with Gasteiger partial charge < -0.3 is 0 Å². The van der Waals surface area contributed by atoms with E-state index in [0.29, 0.717) is 0 Å². The van der Waals surface area contributed by atoms with Crippen LogP contribution in [0, 0.1) is 5.92 Å². The summed E-state index contributed by atoms with van der Waals surface area (Å²) in [4.78, 5) is 17.4. The first kappa shape index (κ1) is 11.2. The Hall–Kier alpha value is -0.780. The fraction of sp³-hybridized carbons (Fsp3) is 0.833. The van der Waals surface area contributed by atoms with Gasteiger partial charge in [0.05, 0.1) is 6.61 Å². The van der Waals surface area contributed by atoms with Gasteiger partial charge in [0, 0.05) is 0 Å². The maximum absolute atomic E-state index is 11.4. The van der Waals surface area contributed by atoms with Crippen molar-refractivity contribution in [1.82, 2.24) is 0 Å². The van der Waals surface area contributed by atoms with Crippen molar-refractivity contribution in [1.29, 1.82) is 0 Å². The van der Waals surface area contributed by atoms with Crippen molar-refractivity contribution in [2.75, 3.05) is 6.61 Å². The van der Waals surface area contributed by atoms with Gasteiger partial charge in [-0.05, 0) is 5.92 Å². The van der Waals surface area contributed by atoms with Crippen LogP contribution in [0.2, 0.25) is 0 Å². The Morgan fingerprint density at radius 3 is 2.25 bits per heavy atom. The number of alkyl halides is 3. The molecule has 0 rings (SSSR count). The van der Waals surface area contributed by atoms with Crippen LogP contribution in [0.15, 0.2) is 0 Å². The van der Waals surface area contributed by atoms with Gasteiger partial charge in [-0.25, -0.2) is 4.79 Å². The minimum Gasteiger partial charge on any atom is -0.288 e. The van der Waals surface area contributed by atoms with Crippen LogP contribution >= 0.6 is 0 Å². The molecule has 0 saturated heterocycles. The number of carbonyl (C=O) groups excluding carboxylic acids is 1. The molecular weight excluding hydrogens is 177 g/mol. The second-order valence-corrected chi connectivity index (χ2v) is 2.55. The Labute approximate surface area is 67.4 Å². The fourth-order valence-corrected chi connectivity index (χ4v) is 0.271. The Kier molecular flexibility index (Phi) is 4.02. The number of rotatable bonds is 3. The van der Waals surface area contributed by atoms with E-state index in [1.807, 2.05) is 0 Å². The SMILES string of the molecule is CC(C)COOC(=O)C(F)(F)F. The zero-order chi connectivity index (χ0) is 9.78. The third-order valence-corrected chi connectivity index (χ3v) is 0.767. The molecule has 0 bridgehead atoms. The highest BCUT2D eigenvalue weighted by Crippen LogP contribution is 2.16. The van der Waals surface area contributed by atoms with Gasteiger partial charge in [0.25, 0.3) is 0 Å². The van der Waals surface area contributed by atoms with E-state index in [2.05, 4.69) is 9.78 Å². The van der Waals surface area contributed by atoms with Gasteiger partial charge >= 0.3 is 12.1 Å². The summed E-state index contributed by atoms with van der Waals surface area (Å²) in [7, 11) is 0. The first-order chi connectivity index (χ1) is 5.34. The second kappa shape index (κ2) is 4.30. The third kappa shape index (κ3) is 4.95. The zero-order valence-corrected chi connectivity index (χ0v) is 6.64. The fourth-order valence-electron chi connectivity index (χ4n) is 0.271. The van der Waals surface area contributed by atoms with Crippen LogP contribution in [0.4, 0.5) is 13.2 Å². The molecule has 0 aromatic rings. The summed E-state index contributed by atoms with van der Waals surface area (Å²) in [5.41, 5.74) is 0. The van der Waals surface area contributed by atoms with Gasteiger partial charge in [-0.2, -0.15) is 18.1 Å². The molecule has 0 saturated carbocycles. The minimum absolute atomic E-state index is 0.00559. The highest BCUT2D eigenvalue weighted by atomic mass is 19.4. The summed E-state index contributed by atoms with van der Waals surface area (Å²) >= 11 is 0. The van der Waals surface area contributed by atoms with Gasteiger partial charge in [0.15, 0.2) is 0 Å². The second-order valence-electron chi connectivity index (χ2n) is 2.55. The van der Waals surface area contributed by atoms with E-state index in [-0.39, 0.29) is 12.5 Å². The molecule has 0 amide bonds. The van der Waals surface area contributed by atoms with Gasteiger partial charge in [0.2, 0.25) is 0 Å². The number of halogens is 3. The molecule has 72 valence electrons. The molecule has 0 fully saturated rings. The predicted octanol–water partition coefficient (Wildman–Crippen LogP) is 1.68. The molecule has 0 radical (unpaired) electrons. The van der Waals surface area contributed by atoms with Crippen LogP contribution in [-0.4, -0.2) is 18.8 Å². The summed E-state index contributed by atoms with van der Waals surface area (Å²) in [6, 6.07) is 0. The Morgan fingerprint density at radius 1 is 1.42 bits per heavy atom. The Balaban J connectivity index is 3.59. The molecule has 0 aliphatic heterocycles. The van der Waals surface area contributed by atoms with E-state index in [0.717, 1.165) is 0 Å². The molecule has 0 atom stereocenters. The molecular formula is C6H9F3O3. The average molecular weight is 186 g/mol. The highest BCUT2D eigenvalue weighted by molar-refractivity contribution is 5.74. The highest BCUT2D eigenvalue weighted by Gasteiger charge is 2.42. The molecule has 0 aliphatic rings. The predicted molar refractivity (Wildman–Crippen MR) is 32.9 cm³/mol. The minimum atomic E-state index is -4.99. The summed E-state index contributed by atoms with van der Waals surface area (Å²) in [5.74, 6) is -2.32. The van der Waals surface area contributed by atoms with Crippen LogP contribution in [-0.2, 0) is 14.6 Å².